The molecule has 0 atom stereocenters. The number of carbonyl (C=O) groups excluding carboxylic acids is 1. The number of thiazole rings is 1. The molecular formula is C25H18ClN3OS. The first kappa shape index (κ1) is 20.8. The second-order valence-electron chi connectivity index (χ2n) is 7.08. The third-order valence-corrected chi connectivity index (χ3v) is 6.20. The lowest BCUT2D eigenvalue weighted by atomic mass is 10.0. The van der Waals surface area contributed by atoms with Crippen molar-refractivity contribution < 1.29 is 4.79 Å². The molecule has 0 aliphatic rings. The second-order valence-corrected chi connectivity index (χ2v) is 8.61. The Balaban J connectivity index is 1.51. The molecule has 3 aromatic carbocycles. The van der Waals surface area contributed by atoms with Crippen molar-refractivity contribution in [2.45, 2.75) is 13.3 Å². The smallest absolute Gasteiger partial charge is 0.268 e. The average Bonchev–Trinajstić information content (AvgIpc) is 3.21. The summed E-state index contributed by atoms with van der Waals surface area (Å²) in [6, 6.07) is 21.6. The van der Waals surface area contributed by atoms with Crippen LogP contribution < -0.4 is 5.32 Å². The number of nitriles is 1. The SMILES string of the molecule is Cc1ccc(Cc2cnc(NC(=O)C(C#N)=Cc3cccc4ccccc34)s2)cc1Cl. The van der Waals surface area contributed by atoms with Crippen LogP contribution in [0.5, 0.6) is 0 Å². The fourth-order valence-corrected chi connectivity index (χ4v) is 4.28. The van der Waals surface area contributed by atoms with Crippen molar-refractivity contribution in [3.63, 3.8) is 0 Å². The van der Waals surface area contributed by atoms with Gasteiger partial charge >= 0.3 is 0 Å². The highest BCUT2D eigenvalue weighted by Gasteiger charge is 2.13. The molecule has 31 heavy (non-hydrogen) atoms. The summed E-state index contributed by atoms with van der Waals surface area (Å²) < 4.78 is 0. The number of aryl methyl sites for hydroxylation is 1. The summed E-state index contributed by atoms with van der Waals surface area (Å²) in [5.74, 6) is -0.477. The summed E-state index contributed by atoms with van der Waals surface area (Å²) in [5.41, 5.74) is 2.95. The molecule has 4 nitrogen and oxygen atoms in total. The van der Waals surface area contributed by atoms with Crippen LogP contribution in [0.2, 0.25) is 5.02 Å². The molecule has 0 unspecified atom stereocenters. The molecule has 0 saturated carbocycles. The van der Waals surface area contributed by atoms with E-state index in [1.807, 2.05) is 73.7 Å². The van der Waals surface area contributed by atoms with E-state index in [2.05, 4.69) is 10.3 Å². The topological polar surface area (TPSA) is 65.8 Å². The number of aromatic nitrogens is 1. The summed E-state index contributed by atoms with van der Waals surface area (Å²) in [6.07, 6.45) is 4.01. The largest absolute Gasteiger partial charge is 0.297 e. The number of nitrogens with zero attached hydrogens (tertiary/aromatic N) is 2. The van der Waals surface area contributed by atoms with E-state index in [-0.39, 0.29) is 5.57 Å². The van der Waals surface area contributed by atoms with Gasteiger partial charge in [0.1, 0.15) is 11.6 Å². The van der Waals surface area contributed by atoms with Crippen LogP contribution in [-0.2, 0) is 11.2 Å². The van der Waals surface area contributed by atoms with Crippen molar-refractivity contribution in [1.29, 1.82) is 5.26 Å². The Kier molecular flexibility index (Phi) is 6.13. The Hall–Kier alpha value is -3.46. The molecule has 0 aliphatic heterocycles. The first-order valence-electron chi connectivity index (χ1n) is 9.64. The molecule has 0 spiro atoms. The molecule has 4 rings (SSSR count). The summed E-state index contributed by atoms with van der Waals surface area (Å²) in [4.78, 5) is 18.0. The predicted octanol–water partition coefficient (Wildman–Crippen LogP) is 6.39. The third-order valence-electron chi connectivity index (χ3n) is 4.88. The lowest BCUT2D eigenvalue weighted by molar-refractivity contribution is -0.112. The third kappa shape index (κ3) is 4.83. The second kappa shape index (κ2) is 9.13. The van der Waals surface area contributed by atoms with Crippen LogP contribution in [0, 0.1) is 18.3 Å². The highest BCUT2D eigenvalue weighted by Crippen LogP contribution is 2.25. The average molecular weight is 444 g/mol. The van der Waals surface area contributed by atoms with Crippen LogP contribution in [0.15, 0.2) is 72.4 Å². The molecule has 0 bridgehead atoms. The number of halogens is 1. The van der Waals surface area contributed by atoms with E-state index >= 15 is 0 Å². The Bertz CT molecular complexity index is 1350. The molecule has 1 N–H and O–H groups in total. The van der Waals surface area contributed by atoms with Crippen LogP contribution in [0.25, 0.3) is 16.8 Å². The summed E-state index contributed by atoms with van der Waals surface area (Å²) in [6.45, 7) is 1.96. The normalized spacial score (nSPS) is 11.3. The molecule has 0 fully saturated rings. The van der Waals surface area contributed by atoms with Crippen molar-refractivity contribution in [2.24, 2.45) is 0 Å². The first-order valence-corrected chi connectivity index (χ1v) is 10.8. The van der Waals surface area contributed by atoms with Crippen LogP contribution >= 0.6 is 22.9 Å². The quantitative estimate of drug-likeness (QED) is 0.287. The molecule has 4 aromatic rings. The molecule has 0 saturated heterocycles. The zero-order valence-corrected chi connectivity index (χ0v) is 18.3. The van der Waals surface area contributed by atoms with Gasteiger partial charge in [-0.3, -0.25) is 10.1 Å². The van der Waals surface area contributed by atoms with Gasteiger partial charge in [-0.1, -0.05) is 66.2 Å². The van der Waals surface area contributed by atoms with Gasteiger partial charge in [0, 0.05) is 22.5 Å². The van der Waals surface area contributed by atoms with Gasteiger partial charge in [0.25, 0.3) is 5.91 Å². The van der Waals surface area contributed by atoms with Crippen molar-refractivity contribution in [1.82, 2.24) is 4.98 Å². The number of anilines is 1. The monoisotopic (exact) mass is 443 g/mol. The fourth-order valence-electron chi connectivity index (χ4n) is 3.24. The molecule has 152 valence electrons. The van der Waals surface area contributed by atoms with E-state index in [1.165, 1.54) is 11.3 Å². The van der Waals surface area contributed by atoms with E-state index in [0.717, 1.165) is 37.4 Å². The Morgan fingerprint density at radius 1 is 1.19 bits per heavy atom. The standard InChI is InChI=1S/C25H18ClN3OS/c1-16-9-10-17(12-23(16)26)11-21-15-28-25(31-21)29-24(30)20(14-27)13-19-7-4-6-18-5-2-3-8-22(18)19/h2-10,12-13,15H,11H2,1H3,(H,28,29,30). The number of amides is 1. The minimum absolute atomic E-state index is 0.0263. The zero-order chi connectivity index (χ0) is 21.8. The number of nitrogens with one attached hydrogen (secondary N) is 1. The summed E-state index contributed by atoms with van der Waals surface area (Å²) >= 11 is 7.58. The van der Waals surface area contributed by atoms with Crippen LogP contribution in [-0.4, -0.2) is 10.9 Å². The van der Waals surface area contributed by atoms with Gasteiger partial charge in [0.05, 0.1) is 0 Å². The van der Waals surface area contributed by atoms with E-state index in [0.29, 0.717) is 11.6 Å². The number of hydrogen-bond donors (Lipinski definition) is 1. The van der Waals surface area contributed by atoms with Gasteiger partial charge in [0.2, 0.25) is 0 Å². The highest BCUT2D eigenvalue weighted by molar-refractivity contribution is 7.15. The Morgan fingerprint density at radius 2 is 2.00 bits per heavy atom. The maximum absolute atomic E-state index is 12.7. The highest BCUT2D eigenvalue weighted by atomic mass is 35.5. The van der Waals surface area contributed by atoms with E-state index < -0.39 is 5.91 Å². The zero-order valence-electron chi connectivity index (χ0n) is 16.7. The van der Waals surface area contributed by atoms with Crippen molar-refractivity contribution in [3.05, 3.63) is 99.0 Å². The van der Waals surface area contributed by atoms with Crippen molar-refractivity contribution in [2.75, 3.05) is 5.32 Å². The maximum atomic E-state index is 12.7. The Morgan fingerprint density at radius 3 is 2.81 bits per heavy atom. The minimum atomic E-state index is -0.477. The molecule has 0 radical (unpaired) electrons. The van der Waals surface area contributed by atoms with E-state index in [9.17, 15) is 10.1 Å². The summed E-state index contributed by atoms with van der Waals surface area (Å²) in [5, 5.41) is 15.5. The molecule has 1 aromatic heterocycles. The van der Waals surface area contributed by atoms with Gasteiger partial charge in [-0.15, -0.1) is 11.3 Å². The molecule has 1 heterocycles. The van der Waals surface area contributed by atoms with Gasteiger partial charge in [0.15, 0.2) is 5.13 Å². The van der Waals surface area contributed by atoms with Crippen LogP contribution in [0.3, 0.4) is 0 Å². The number of fused-ring (bicyclic) bond motifs is 1. The van der Waals surface area contributed by atoms with Gasteiger partial charge in [-0.2, -0.15) is 5.26 Å². The van der Waals surface area contributed by atoms with Crippen molar-refractivity contribution >= 4 is 50.8 Å². The van der Waals surface area contributed by atoms with Gasteiger partial charge in [-0.25, -0.2) is 4.98 Å². The predicted molar refractivity (Wildman–Crippen MR) is 127 cm³/mol. The summed E-state index contributed by atoms with van der Waals surface area (Å²) in [7, 11) is 0. The van der Waals surface area contributed by atoms with Crippen molar-refractivity contribution in [3.8, 4) is 6.07 Å². The van der Waals surface area contributed by atoms with Crippen LogP contribution in [0.4, 0.5) is 5.13 Å². The molecule has 6 heteroatoms. The molecule has 1 amide bonds. The maximum Gasteiger partial charge on any atom is 0.268 e. The first-order chi connectivity index (χ1) is 15.0. The number of benzene rings is 3. The lowest BCUT2D eigenvalue weighted by Crippen LogP contribution is -2.13. The van der Waals surface area contributed by atoms with Gasteiger partial charge < -0.3 is 0 Å². The van der Waals surface area contributed by atoms with Gasteiger partial charge in [-0.05, 0) is 46.5 Å². The molecular weight excluding hydrogens is 426 g/mol. The number of hydrogen-bond acceptors (Lipinski definition) is 4. The fraction of sp³-hybridized carbons (Fsp3) is 0.0800. The number of carbonyl (C=O) groups is 1. The van der Waals surface area contributed by atoms with E-state index in [1.54, 1.807) is 12.3 Å². The molecule has 0 aliphatic carbocycles. The Labute approximate surface area is 189 Å². The van der Waals surface area contributed by atoms with E-state index in [4.69, 9.17) is 11.6 Å². The lowest BCUT2D eigenvalue weighted by Gasteiger charge is -2.04. The number of rotatable bonds is 5. The minimum Gasteiger partial charge on any atom is -0.297 e. The van der Waals surface area contributed by atoms with Crippen LogP contribution in [0.1, 0.15) is 21.6 Å².